The minimum absolute atomic E-state index is 0.00173. The van der Waals surface area contributed by atoms with Crippen LogP contribution < -0.4 is 11.1 Å². The topological polar surface area (TPSA) is 55.9 Å². The Balaban J connectivity index is 2.28. The molecule has 0 aliphatic rings. The molecule has 4 nitrogen and oxygen atoms in total. The Bertz CT molecular complexity index is 607. The van der Waals surface area contributed by atoms with E-state index in [1.807, 2.05) is 33.0 Å². The van der Waals surface area contributed by atoms with Gasteiger partial charge in [-0.25, -0.2) is 0 Å². The van der Waals surface area contributed by atoms with Gasteiger partial charge in [0.15, 0.2) is 0 Å². The normalized spacial score (nSPS) is 12.5. The number of nitrogens with zero attached hydrogens (tertiary/aromatic N) is 2. The summed E-state index contributed by atoms with van der Waals surface area (Å²) in [5, 5.41) is 8.84. The highest BCUT2D eigenvalue weighted by atomic mass is 35.5. The smallest absolute Gasteiger partial charge is 0.148 e. The van der Waals surface area contributed by atoms with Crippen LogP contribution in [-0.2, 0) is 7.05 Å². The number of benzene rings is 1. The second-order valence-electron chi connectivity index (χ2n) is 4.50. The standard InChI is InChI=1S/C13H16Cl2N4/c1-7(10-5-4-9(14)6-11(10)15)17-13-12(16)8(2)18-19(13)3/h4-7,17H,16H2,1-3H3. The van der Waals surface area contributed by atoms with Crippen molar-refractivity contribution in [1.82, 2.24) is 9.78 Å². The molecule has 0 saturated heterocycles. The summed E-state index contributed by atoms with van der Waals surface area (Å²) in [4.78, 5) is 0. The van der Waals surface area contributed by atoms with Crippen LogP contribution in [0.4, 0.5) is 11.5 Å². The molecule has 6 heteroatoms. The van der Waals surface area contributed by atoms with Crippen LogP contribution in [-0.4, -0.2) is 9.78 Å². The fraction of sp³-hybridized carbons (Fsp3) is 0.308. The Labute approximate surface area is 122 Å². The van der Waals surface area contributed by atoms with Crippen molar-refractivity contribution in [1.29, 1.82) is 0 Å². The van der Waals surface area contributed by atoms with Crippen molar-refractivity contribution in [3.63, 3.8) is 0 Å². The molecule has 1 atom stereocenters. The van der Waals surface area contributed by atoms with Crippen LogP contribution in [0.2, 0.25) is 10.0 Å². The zero-order valence-electron chi connectivity index (χ0n) is 11.0. The third-order valence-electron chi connectivity index (χ3n) is 3.05. The van der Waals surface area contributed by atoms with Crippen LogP contribution in [0.25, 0.3) is 0 Å². The summed E-state index contributed by atoms with van der Waals surface area (Å²) in [5.74, 6) is 0.788. The molecular formula is C13H16Cl2N4. The van der Waals surface area contributed by atoms with E-state index in [1.165, 1.54) is 0 Å². The van der Waals surface area contributed by atoms with Crippen LogP contribution in [0.5, 0.6) is 0 Å². The van der Waals surface area contributed by atoms with Gasteiger partial charge in [-0.3, -0.25) is 4.68 Å². The predicted molar refractivity (Wildman–Crippen MR) is 80.9 cm³/mol. The molecule has 0 spiro atoms. The summed E-state index contributed by atoms with van der Waals surface area (Å²) in [6, 6.07) is 5.46. The molecule has 0 fully saturated rings. The van der Waals surface area contributed by atoms with Crippen LogP contribution in [0.15, 0.2) is 18.2 Å². The first-order chi connectivity index (χ1) is 8.90. The van der Waals surface area contributed by atoms with Crippen molar-refractivity contribution in [2.24, 2.45) is 7.05 Å². The fourth-order valence-electron chi connectivity index (χ4n) is 1.98. The lowest BCUT2D eigenvalue weighted by Gasteiger charge is -2.17. The molecule has 1 aromatic heterocycles. The van der Waals surface area contributed by atoms with Gasteiger partial charge in [-0.15, -0.1) is 0 Å². The van der Waals surface area contributed by atoms with Crippen molar-refractivity contribution in [2.75, 3.05) is 11.1 Å². The Morgan fingerprint density at radius 3 is 2.58 bits per heavy atom. The molecule has 0 aliphatic carbocycles. The fourth-order valence-corrected chi connectivity index (χ4v) is 2.55. The Morgan fingerprint density at radius 2 is 2.05 bits per heavy atom. The number of aromatic nitrogens is 2. The zero-order valence-corrected chi connectivity index (χ0v) is 12.5. The maximum absolute atomic E-state index is 6.20. The lowest BCUT2D eigenvalue weighted by Crippen LogP contribution is -2.11. The quantitative estimate of drug-likeness (QED) is 0.906. The molecule has 0 radical (unpaired) electrons. The van der Waals surface area contributed by atoms with Gasteiger partial charge in [0.05, 0.1) is 17.4 Å². The minimum atomic E-state index is 0.00173. The van der Waals surface area contributed by atoms with E-state index in [-0.39, 0.29) is 6.04 Å². The van der Waals surface area contributed by atoms with Crippen LogP contribution >= 0.6 is 23.2 Å². The number of nitrogen functional groups attached to an aromatic ring is 1. The van der Waals surface area contributed by atoms with Crippen molar-refractivity contribution in [3.8, 4) is 0 Å². The van der Waals surface area contributed by atoms with Gasteiger partial charge in [0.25, 0.3) is 0 Å². The van der Waals surface area contributed by atoms with Gasteiger partial charge in [0, 0.05) is 17.1 Å². The van der Waals surface area contributed by atoms with E-state index in [2.05, 4.69) is 10.4 Å². The summed E-state index contributed by atoms with van der Waals surface area (Å²) >= 11 is 12.1. The zero-order chi connectivity index (χ0) is 14.2. The average Bonchev–Trinajstić information content (AvgIpc) is 2.56. The molecule has 1 unspecified atom stereocenters. The summed E-state index contributed by atoms with van der Waals surface area (Å²) in [7, 11) is 1.85. The van der Waals surface area contributed by atoms with Gasteiger partial charge in [-0.05, 0) is 31.5 Å². The molecule has 0 bridgehead atoms. The minimum Gasteiger partial charge on any atom is -0.394 e. The molecule has 0 saturated carbocycles. The van der Waals surface area contributed by atoms with Gasteiger partial charge in [0.1, 0.15) is 5.82 Å². The predicted octanol–water partition coefficient (Wildman–Crippen LogP) is 3.79. The largest absolute Gasteiger partial charge is 0.394 e. The van der Waals surface area contributed by atoms with E-state index >= 15 is 0 Å². The number of hydrogen-bond acceptors (Lipinski definition) is 3. The molecule has 0 amide bonds. The molecule has 2 rings (SSSR count). The number of rotatable bonds is 3. The Kier molecular flexibility index (Phi) is 3.92. The molecular weight excluding hydrogens is 283 g/mol. The van der Waals surface area contributed by atoms with Gasteiger partial charge >= 0.3 is 0 Å². The lowest BCUT2D eigenvalue weighted by atomic mass is 10.1. The number of hydrogen-bond donors (Lipinski definition) is 2. The van der Waals surface area contributed by atoms with Gasteiger partial charge in [0.2, 0.25) is 0 Å². The van der Waals surface area contributed by atoms with E-state index in [9.17, 15) is 0 Å². The highest BCUT2D eigenvalue weighted by Gasteiger charge is 2.15. The van der Waals surface area contributed by atoms with E-state index in [0.29, 0.717) is 15.7 Å². The first kappa shape index (κ1) is 14.0. The third kappa shape index (κ3) is 2.80. The second-order valence-corrected chi connectivity index (χ2v) is 5.35. The molecule has 1 heterocycles. The number of nitrogens with one attached hydrogen (secondary N) is 1. The SMILES string of the molecule is Cc1nn(C)c(NC(C)c2ccc(Cl)cc2Cl)c1N. The molecule has 2 aromatic rings. The van der Waals surface area contributed by atoms with Gasteiger partial charge in [-0.1, -0.05) is 29.3 Å². The van der Waals surface area contributed by atoms with Crippen LogP contribution in [0, 0.1) is 6.92 Å². The van der Waals surface area contributed by atoms with Crippen LogP contribution in [0.3, 0.4) is 0 Å². The third-order valence-corrected chi connectivity index (χ3v) is 3.61. The van der Waals surface area contributed by atoms with Crippen molar-refractivity contribution in [3.05, 3.63) is 39.5 Å². The second kappa shape index (κ2) is 5.31. The first-order valence-electron chi connectivity index (χ1n) is 5.90. The maximum Gasteiger partial charge on any atom is 0.148 e. The van der Waals surface area contributed by atoms with Crippen LogP contribution in [0.1, 0.15) is 24.2 Å². The van der Waals surface area contributed by atoms with Gasteiger partial charge in [-0.2, -0.15) is 5.10 Å². The Morgan fingerprint density at radius 1 is 1.37 bits per heavy atom. The maximum atomic E-state index is 6.20. The molecule has 1 aromatic carbocycles. The summed E-state index contributed by atoms with van der Waals surface area (Å²) in [6.07, 6.45) is 0. The van der Waals surface area contributed by atoms with Crippen molar-refractivity contribution < 1.29 is 0 Å². The summed E-state index contributed by atoms with van der Waals surface area (Å²) < 4.78 is 1.73. The number of halogens is 2. The highest BCUT2D eigenvalue weighted by Crippen LogP contribution is 2.30. The molecule has 3 N–H and O–H groups in total. The summed E-state index contributed by atoms with van der Waals surface area (Å²) in [6.45, 7) is 3.89. The number of aryl methyl sites for hydroxylation is 2. The van der Waals surface area contributed by atoms with Gasteiger partial charge < -0.3 is 11.1 Å². The monoisotopic (exact) mass is 298 g/mol. The van der Waals surface area contributed by atoms with E-state index in [0.717, 1.165) is 17.1 Å². The van der Waals surface area contributed by atoms with E-state index in [4.69, 9.17) is 28.9 Å². The first-order valence-corrected chi connectivity index (χ1v) is 6.66. The van der Waals surface area contributed by atoms with E-state index in [1.54, 1.807) is 10.7 Å². The molecule has 0 aliphatic heterocycles. The Hall–Kier alpha value is -1.39. The molecule has 102 valence electrons. The number of anilines is 2. The van der Waals surface area contributed by atoms with Crippen molar-refractivity contribution >= 4 is 34.7 Å². The average molecular weight is 299 g/mol. The highest BCUT2D eigenvalue weighted by molar-refractivity contribution is 6.35. The van der Waals surface area contributed by atoms with Crippen molar-refractivity contribution in [2.45, 2.75) is 19.9 Å². The number of nitrogens with two attached hydrogens (primary N) is 1. The molecule has 19 heavy (non-hydrogen) atoms. The lowest BCUT2D eigenvalue weighted by molar-refractivity contribution is 0.742. The summed E-state index contributed by atoms with van der Waals surface area (Å²) in [5.41, 5.74) is 8.41. The van der Waals surface area contributed by atoms with E-state index < -0.39 is 0 Å².